The molecule has 0 bridgehead atoms. The number of likely N-dealkylation sites (N-methyl/N-ethyl adjacent to an activating group) is 1. The molecule has 2 atom stereocenters. The van der Waals surface area contributed by atoms with Crippen LogP contribution in [0.5, 0.6) is 0 Å². The quantitative estimate of drug-likeness (QED) is 0.726. The highest BCUT2D eigenvalue weighted by Gasteiger charge is 2.41. The van der Waals surface area contributed by atoms with Crippen LogP contribution in [0.3, 0.4) is 0 Å². The predicted octanol–water partition coefficient (Wildman–Crippen LogP) is 1.28. The highest BCUT2D eigenvalue weighted by Crippen LogP contribution is 2.30. The van der Waals surface area contributed by atoms with Gasteiger partial charge in [0.2, 0.25) is 5.91 Å². The lowest BCUT2D eigenvalue weighted by Crippen LogP contribution is -2.56. The third kappa shape index (κ3) is 4.68. The van der Waals surface area contributed by atoms with E-state index in [1.165, 1.54) is 7.05 Å². The van der Waals surface area contributed by atoms with E-state index in [9.17, 15) is 13.2 Å². The van der Waals surface area contributed by atoms with Gasteiger partial charge in [0.25, 0.3) is 10.2 Å². The fourth-order valence-electron chi connectivity index (χ4n) is 3.48. The van der Waals surface area contributed by atoms with E-state index >= 15 is 0 Å². The van der Waals surface area contributed by atoms with Gasteiger partial charge in [-0.15, -0.1) is 0 Å². The Morgan fingerprint density at radius 3 is 2.69 bits per heavy atom. The Balaban J connectivity index is 1.80. The summed E-state index contributed by atoms with van der Waals surface area (Å²) in [7, 11) is -2.40. The average Bonchev–Trinajstić information content (AvgIpc) is 3.22. The highest BCUT2D eigenvalue weighted by molar-refractivity contribution is 7.87. The lowest BCUT2D eigenvalue weighted by atomic mass is 10.00. The summed E-state index contributed by atoms with van der Waals surface area (Å²) in [5.41, 5.74) is 2.08. The minimum atomic E-state index is -3.81. The molecule has 2 aromatic rings. The SMILES string of the molecule is CCn1cc([C@@H]2C[C@H](C(=O)Nc3cnn(CC(C)C)c3)N(C)S(=O)(=O)N2)c(C)n1. The lowest BCUT2D eigenvalue weighted by Gasteiger charge is -2.35. The molecule has 29 heavy (non-hydrogen) atoms. The Hall–Kier alpha value is -2.24. The first-order chi connectivity index (χ1) is 13.6. The molecule has 1 fully saturated rings. The summed E-state index contributed by atoms with van der Waals surface area (Å²) in [6.07, 6.45) is 5.46. The number of carbonyl (C=O) groups excluding carboxylic acids is 1. The summed E-state index contributed by atoms with van der Waals surface area (Å²) < 4.78 is 32.5. The van der Waals surface area contributed by atoms with Crippen molar-refractivity contribution in [2.75, 3.05) is 12.4 Å². The van der Waals surface area contributed by atoms with Gasteiger partial charge in [-0.1, -0.05) is 13.8 Å². The largest absolute Gasteiger partial charge is 0.322 e. The van der Waals surface area contributed by atoms with E-state index in [0.717, 1.165) is 22.1 Å². The molecule has 2 aromatic heterocycles. The van der Waals surface area contributed by atoms with Crippen molar-refractivity contribution in [3.8, 4) is 0 Å². The molecule has 0 aromatic carbocycles. The Morgan fingerprint density at radius 2 is 2.07 bits per heavy atom. The molecule has 0 unspecified atom stereocenters. The van der Waals surface area contributed by atoms with E-state index in [1.807, 2.05) is 20.0 Å². The Labute approximate surface area is 171 Å². The standard InChI is InChI=1S/C18H29N7O3S/c1-6-24-11-15(13(4)21-24)16-7-17(23(5)29(27,28)22-16)18(26)20-14-8-19-25(10-14)9-12(2)3/h8,10-12,16-17,22H,6-7,9H2,1-5H3,(H,20,26)/t16-,17+/m0/s1. The molecule has 160 valence electrons. The molecule has 0 aliphatic carbocycles. The molecule has 0 spiro atoms. The van der Waals surface area contributed by atoms with Crippen molar-refractivity contribution < 1.29 is 13.2 Å². The van der Waals surface area contributed by atoms with E-state index in [0.29, 0.717) is 24.6 Å². The molecule has 3 heterocycles. The molecule has 2 N–H and O–H groups in total. The minimum absolute atomic E-state index is 0.304. The molecule has 10 nitrogen and oxygen atoms in total. The zero-order valence-corrected chi connectivity index (χ0v) is 18.3. The van der Waals surface area contributed by atoms with Crippen molar-refractivity contribution in [2.45, 2.75) is 59.3 Å². The van der Waals surface area contributed by atoms with E-state index in [2.05, 4.69) is 34.1 Å². The van der Waals surface area contributed by atoms with Gasteiger partial charge in [0.15, 0.2) is 0 Å². The maximum atomic E-state index is 12.9. The average molecular weight is 424 g/mol. The smallest absolute Gasteiger partial charge is 0.280 e. The van der Waals surface area contributed by atoms with Crippen LogP contribution in [0.2, 0.25) is 0 Å². The van der Waals surface area contributed by atoms with Crippen LogP contribution in [0.25, 0.3) is 0 Å². The number of aryl methyl sites for hydroxylation is 2. The van der Waals surface area contributed by atoms with Crippen LogP contribution in [-0.4, -0.2) is 51.3 Å². The van der Waals surface area contributed by atoms with E-state index in [-0.39, 0.29) is 5.91 Å². The summed E-state index contributed by atoms with van der Waals surface area (Å²) in [6, 6.07) is -1.36. The van der Waals surface area contributed by atoms with Crippen LogP contribution in [0.1, 0.15) is 44.5 Å². The fraction of sp³-hybridized carbons (Fsp3) is 0.611. The van der Waals surface area contributed by atoms with Gasteiger partial charge < -0.3 is 5.32 Å². The van der Waals surface area contributed by atoms with Crippen LogP contribution < -0.4 is 10.0 Å². The molecule has 1 aliphatic heterocycles. The third-order valence-electron chi connectivity index (χ3n) is 5.01. The van der Waals surface area contributed by atoms with Gasteiger partial charge in [-0.05, 0) is 26.2 Å². The maximum Gasteiger partial charge on any atom is 0.280 e. The number of carbonyl (C=O) groups is 1. The second-order valence-corrected chi connectivity index (χ2v) is 9.56. The summed E-state index contributed by atoms with van der Waals surface area (Å²) in [5.74, 6) is 0.0411. The van der Waals surface area contributed by atoms with Gasteiger partial charge >= 0.3 is 0 Å². The minimum Gasteiger partial charge on any atom is -0.322 e. The zero-order valence-electron chi connectivity index (χ0n) is 17.5. The summed E-state index contributed by atoms with van der Waals surface area (Å²) in [6.45, 7) is 9.39. The van der Waals surface area contributed by atoms with Crippen molar-refractivity contribution in [3.05, 3.63) is 29.8 Å². The zero-order chi connectivity index (χ0) is 21.3. The molecule has 1 aliphatic rings. The Bertz CT molecular complexity index is 979. The van der Waals surface area contributed by atoms with E-state index in [4.69, 9.17) is 0 Å². The van der Waals surface area contributed by atoms with Gasteiger partial charge in [-0.2, -0.15) is 27.6 Å². The Morgan fingerprint density at radius 1 is 1.34 bits per heavy atom. The number of hydrogen-bond donors (Lipinski definition) is 2. The van der Waals surface area contributed by atoms with Crippen LogP contribution in [0.15, 0.2) is 18.6 Å². The summed E-state index contributed by atoms with van der Waals surface area (Å²) in [4.78, 5) is 12.9. The highest BCUT2D eigenvalue weighted by atomic mass is 32.2. The number of amides is 1. The monoisotopic (exact) mass is 423 g/mol. The fourth-order valence-corrected chi connectivity index (χ4v) is 4.74. The predicted molar refractivity (Wildman–Crippen MR) is 109 cm³/mol. The van der Waals surface area contributed by atoms with Gasteiger partial charge in [0, 0.05) is 38.1 Å². The third-order valence-corrected chi connectivity index (χ3v) is 6.60. The number of hydrogen-bond acceptors (Lipinski definition) is 5. The van der Waals surface area contributed by atoms with Crippen molar-refractivity contribution in [2.24, 2.45) is 5.92 Å². The molecular formula is C18H29N7O3S. The molecule has 0 saturated carbocycles. The van der Waals surface area contributed by atoms with Gasteiger partial charge in [-0.3, -0.25) is 14.2 Å². The molecular weight excluding hydrogens is 394 g/mol. The molecule has 1 saturated heterocycles. The number of anilines is 1. The Kier molecular flexibility index (Phi) is 6.11. The lowest BCUT2D eigenvalue weighted by molar-refractivity contribution is -0.120. The summed E-state index contributed by atoms with van der Waals surface area (Å²) in [5, 5.41) is 11.4. The van der Waals surface area contributed by atoms with E-state index in [1.54, 1.807) is 21.8 Å². The van der Waals surface area contributed by atoms with Gasteiger partial charge in [0.05, 0.1) is 23.6 Å². The van der Waals surface area contributed by atoms with Gasteiger partial charge in [0.1, 0.15) is 6.04 Å². The van der Waals surface area contributed by atoms with Crippen LogP contribution >= 0.6 is 0 Å². The molecule has 11 heteroatoms. The first-order valence-corrected chi connectivity index (χ1v) is 11.2. The van der Waals surface area contributed by atoms with E-state index < -0.39 is 22.3 Å². The van der Waals surface area contributed by atoms with Crippen LogP contribution in [-0.2, 0) is 28.1 Å². The number of nitrogens with one attached hydrogen (secondary N) is 2. The number of nitrogens with zero attached hydrogens (tertiary/aromatic N) is 5. The topological polar surface area (TPSA) is 114 Å². The van der Waals surface area contributed by atoms with Crippen molar-refractivity contribution in [1.82, 2.24) is 28.6 Å². The molecule has 3 rings (SSSR count). The summed E-state index contributed by atoms with van der Waals surface area (Å²) >= 11 is 0. The first kappa shape index (κ1) is 21.5. The number of rotatable bonds is 6. The van der Waals surface area contributed by atoms with Crippen molar-refractivity contribution in [1.29, 1.82) is 0 Å². The number of aromatic nitrogens is 4. The van der Waals surface area contributed by atoms with Crippen molar-refractivity contribution >= 4 is 21.8 Å². The van der Waals surface area contributed by atoms with Crippen molar-refractivity contribution in [3.63, 3.8) is 0 Å². The maximum absolute atomic E-state index is 12.9. The molecule has 0 radical (unpaired) electrons. The second kappa shape index (κ2) is 8.25. The normalized spacial score (nSPS) is 22.1. The second-order valence-electron chi connectivity index (χ2n) is 7.80. The van der Waals surface area contributed by atoms with Crippen LogP contribution in [0.4, 0.5) is 5.69 Å². The van der Waals surface area contributed by atoms with Crippen LogP contribution in [0, 0.1) is 12.8 Å². The van der Waals surface area contributed by atoms with Gasteiger partial charge in [-0.25, -0.2) is 0 Å². The first-order valence-electron chi connectivity index (χ1n) is 9.73. The molecule has 1 amide bonds.